The predicted octanol–water partition coefficient (Wildman–Crippen LogP) is 5.47. The number of thioether (sulfide) groups is 1. The third kappa shape index (κ3) is 5.35. The first kappa shape index (κ1) is 20.8. The number of carbonyl (C=O) groups excluding carboxylic acids is 1. The number of aliphatic imine (C=N–C) groups is 1. The van der Waals surface area contributed by atoms with Crippen molar-refractivity contribution in [3.8, 4) is 11.5 Å². The number of ether oxygens (including phenoxy) is 2. The van der Waals surface area contributed by atoms with Gasteiger partial charge in [0.2, 0.25) is 0 Å². The summed E-state index contributed by atoms with van der Waals surface area (Å²) in [5, 5.41) is 3.33. The molecule has 4 rings (SSSR count). The number of benzene rings is 3. The van der Waals surface area contributed by atoms with E-state index in [2.05, 4.69) is 41.5 Å². The van der Waals surface area contributed by atoms with E-state index >= 15 is 0 Å². The van der Waals surface area contributed by atoms with Crippen molar-refractivity contribution in [3.63, 3.8) is 0 Å². The van der Waals surface area contributed by atoms with Crippen LogP contribution in [0.5, 0.6) is 11.5 Å². The zero-order valence-corrected chi connectivity index (χ0v) is 18.1. The van der Waals surface area contributed by atoms with Gasteiger partial charge in [-0.2, -0.15) is 0 Å². The van der Waals surface area contributed by atoms with Crippen molar-refractivity contribution in [2.45, 2.75) is 13.5 Å². The summed E-state index contributed by atoms with van der Waals surface area (Å²) in [7, 11) is 1.60. The van der Waals surface area contributed by atoms with E-state index in [1.54, 1.807) is 7.11 Å². The van der Waals surface area contributed by atoms with Gasteiger partial charge in [-0.25, -0.2) is 4.99 Å². The van der Waals surface area contributed by atoms with Gasteiger partial charge in [-0.15, -0.1) is 0 Å². The molecule has 156 valence electrons. The van der Waals surface area contributed by atoms with Gasteiger partial charge in [-0.1, -0.05) is 54.1 Å². The number of hydrogen-bond acceptors (Lipinski definition) is 5. The minimum atomic E-state index is -0.168. The highest BCUT2D eigenvalue weighted by Gasteiger charge is 2.24. The summed E-state index contributed by atoms with van der Waals surface area (Å²) in [5.41, 5.74) is 3.94. The van der Waals surface area contributed by atoms with Crippen molar-refractivity contribution in [1.29, 1.82) is 0 Å². The fraction of sp³-hybridized carbons (Fsp3) is 0.120. The molecule has 5 nitrogen and oxygen atoms in total. The van der Waals surface area contributed by atoms with Crippen LogP contribution in [0.4, 0.5) is 5.69 Å². The number of aryl methyl sites for hydroxylation is 1. The highest BCUT2D eigenvalue weighted by molar-refractivity contribution is 8.18. The molecule has 1 amide bonds. The molecule has 0 saturated carbocycles. The Morgan fingerprint density at radius 3 is 2.48 bits per heavy atom. The average Bonchev–Trinajstić information content (AvgIpc) is 3.13. The van der Waals surface area contributed by atoms with Gasteiger partial charge < -0.3 is 14.8 Å². The number of carbonyl (C=O) groups is 1. The van der Waals surface area contributed by atoms with Gasteiger partial charge in [-0.05, 0) is 60.2 Å². The first-order valence-corrected chi connectivity index (χ1v) is 10.6. The molecule has 1 aliphatic rings. The molecule has 0 spiro atoms. The molecule has 31 heavy (non-hydrogen) atoms. The van der Waals surface area contributed by atoms with Gasteiger partial charge in [0, 0.05) is 0 Å². The Balaban J connectivity index is 1.42. The molecule has 1 saturated heterocycles. The fourth-order valence-electron chi connectivity index (χ4n) is 2.97. The molecule has 1 aliphatic heterocycles. The molecule has 1 heterocycles. The van der Waals surface area contributed by atoms with Crippen LogP contribution in [0, 0.1) is 6.92 Å². The maximum atomic E-state index is 12.3. The number of amides is 1. The van der Waals surface area contributed by atoms with Gasteiger partial charge in [0.15, 0.2) is 5.17 Å². The van der Waals surface area contributed by atoms with Gasteiger partial charge in [0.05, 0.1) is 12.0 Å². The normalized spacial score (nSPS) is 15.9. The minimum Gasteiger partial charge on any atom is -0.494 e. The Bertz CT molecular complexity index is 1140. The SMILES string of the molecule is COc1ccccc1N=C1NC(=O)C(=Cc2ccc(OCc3ccc(C)cc3)cc2)S1. The topological polar surface area (TPSA) is 59.9 Å². The van der Waals surface area contributed by atoms with E-state index in [9.17, 15) is 4.79 Å². The Kier molecular flexibility index (Phi) is 6.38. The van der Waals surface area contributed by atoms with Crippen LogP contribution in [-0.4, -0.2) is 18.2 Å². The number of methoxy groups -OCH3 is 1. The number of hydrogen-bond donors (Lipinski definition) is 1. The van der Waals surface area contributed by atoms with Crippen molar-refractivity contribution in [1.82, 2.24) is 5.32 Å². The molecule has 6 heteroatoms. The lowest BCUT2D eigenvalue weighted by Crippen LogP contribution is -2.19. The second-order valence-corrected chi connectivity index (χ2v) is 8.03. The van der Waals surface area contributed by atoms with Crippen molar-refractivity contribution in [2.75, 3.05) is 7.11 Å². The molecule has 0 unspecified atom stereocenters. The second kappa shape index (κ2) is 9.53. The quantitative estimate of drug-likeness (QED) is 0.527. The summed E-state index contributed by atoms with van der Waals surface area (Å²) in [4.78, 5) is 17.4. The van der Waals surface area contributed by atoms with E-state index in [1.807, 2.05) is 54.6 Å². The highest BCUT2D eigenvalue weighted by Crippen LogP contribution is 2.32. The summed E-state index contributed by atoms with van der Waals surface area (Å²) >= 11 is 1.30. The first-order chi connectivity index (χ1) is 15.1. The molecule has 0 atom stereocenters. The zero-order valence-electron chi connectivity index (χ0n) is 17.3. The Hall–Kier alpha value is -3.51. The van der Waals surface area contributed by atoms with Crippen LogP contribution in [0.2, 0.25) is 0 Å². The van der Waals surface area contributed by atoms with Crippen LogP contribution < -0.4 is 14.8 Å². The number of nitrogens with one attached hydrogen (secondary N) is 1. The first-order valence-electron chi connectivity index (χ1n) is 9.82. The molecule has 1 N–H and O–H groups in total. The number of amidine groups is 1. The molecule has 0 aromatic heterocycles. The lowest BCUT2D eigenvalue weighted by Gasteiger charge is -2.07. The Morgan fingerprint density at radius 2 is 1.74 bits per heavy atom. The van der Waals surface area contributed by atoms with E-state index in [0.29, 0.717) is 28.1 Å². The summed E-state index contributed by atoms with van der Waals surface area (Å²) in [6, 6.07) is 23.4. The monoisotopic (exact) mass is 430 g/mol. The highest BCUT2D eigenvalue weighted by atomic mass is 32.2. The largest absolute Gasteiger partial charge is 0.494 e. The van der Waals surface area contributed by atoms with Crippen molar-refractivity contribution >= 4 is 34.6 Å². The summed E-state index contributed by atoms with van der Waals surface area (Å²) < 4.78 is 11.2. The third-order valence-electron chi connectivity index (χ3n) is 4.66. The number of rotatable bonds is 6. The molecule has 0 bridgehead atoms. The maximum absolute atomic E-state index is 12.3. The molecule has 0 radical (unpaired) electrons. The van der Waals surface area contributed by atoms with Gasteiger partial charge in [0.1, 0.15) is 23.8 Å². The molecular formula is C25H22N2O3S. The van der Waals surface area contributed by atoms with Crippen LogP contribution in [-0.2, 0) is 11.4 Å². The predicted molar refractivity (Wildman–Crippen MR) is 126 cm³/mol. The maximum Gasteiger partial charge on any atom is 0.264 e. The number of para-hydroxylation sites is 2. The van der Waals surface area contributed by atoms with Crippen LogP contribution in [0.25, 0.3) is 6.08 Å². The standard InChI is InChI=1S/C25H22N2O3S/c1-17-7-9-19(10-8-17)16-30-20-13-11-18(12-14-20)15-23-24(28)27-25(31-23)26-21-5-3-4-6-22(21)29-2/h3-15H,16H2,1-2H3,(H,26,27,28). The van der Waals surface area contributed by atoms with Crippen LogP contribution in [0.15, 0.2) is 82.7 Å². The minimum absolute atomic E-state index is 0.168. The van der Waals surface area contributed by atoms with Crippen molar-refractivity contribution in [2.24, 2.45) is 4.99 Å². The third-order valence-corrected chi connectivity index (χ3v) is 5.57. The fourth-order valence-corrected chi connectivity index (χ4v) is 3.81. The summed E-state index contributed by atoms with van der Waals surface area (Å²) in [6.45, 7) is 2.58. The van der Waals surface area contributed by atoms with Gasteiger partial charge in [0.25, 0.3) is 5.91 Å². The molecule has 3 aromatic carbocycles. The Morgan fingerprint density at radius 1 is 1.00 bits per heavy atom. The van der Waals surface area contributed by atoms with Gasteiger partial charge in [-0.3, -0.25) is 4.79 Å². The lowest BCUT2D eigenvalue weighted by atomic mass is 10.1. The molecule has 0 aliphatic carbocycles. The van der Waals surface area contributed by atoms with Gasteiger partial charge >= 0.3 is 0 Å². The second-order valence-electron chi connectivity index (χ2n) is 7.00. The van der Waals surface area contributed by atoms with Crippen LogP contribution in [0.1, 0.15) is 16.7 Å². The van der Waals surface area contributed by atoms with Crippen molar-refractivity contribution < 1.29 is 14.3 Å². The average molecular weight is 431 g/mol. The molecule has 1 fully saturated rings. The van der Waals surface area contributed by atoms with E-state index in [0.717, 1.165) is 16.9 Å². The van der Waals surface area contributed by atoms with E-state index < -0.39 is 0 Å². The van der Waals surface area contributed by atoms with Crippen LogP contribution >= 0.6 is 11.8 Å². The van der Waals surface area contributed by atoms with E-state index in [1.165, 1.54) is 17.3 Å². The Labute approximate surface area is 185 Å². The van der Waals surface area contributed by atoms with E-state index in [-0.39, 0.29) is 5.91 Å². The van der Waals surface area contributed by atoms with Crippen molar-refractivity contribution in [3.05, 3.63) is 94.4 Å². The number of nitrogens with zero attached hydrogens (tertiary/aromatic N) is 1. The smallest absolute Gasteiger partial charge is 0.264 e. The molecule has 3 aromatic rings. The van der Waals surface area contributed by atoms with E-state index in [4.69, 9.17) is 9.47 Å². The summed E-state index contributed by atoms with van der Waals surface area (Å²) in [6.07, 6.45) is 1.84. The summed E-state index contributed by atoms with van der Waals surface area (Å²) in [5.74, 6) is 1.27. The lowest BCUT2D eigenvalue weighted by molar-refractivity contribution is -0.115. The van der Waals surface area contributed by atoms with Crippen LogP contribution in [0.3, 0.4) is 0 Å². The molecular weight excluding hydrogens is 408 g/mol. The zero-order chi connectivity index (χ0) is 21.6.